The Labute approximate surface area is 146 Å². The van der Waals surface area contributed by atoms with Crippen LogP contribution >= 0.6 is 11.6 Å². The standard InChI is InChI=1S/C15H25ClN2O6/c1-15(2,3)24-12(19)6-8-17(14(22)23-10-16)9-11-5-4-7-18(11)13(20)21/h11H,4-10H2,1-3H3,(H,20,21). The number of nitrogens with zero attached hydrogens (tertiary/aromatic N) is 2. The Kier molecular flexibility index (Phi) is 7.59. The van der Waals surface area contributed by atoms with Crippen molar-refractivity contribution in [3.05, 3.63) is 0 Å². The van der Waals surface area contributed by atoms with Gasteiger partial charge in [-0.25, -0.2) is 9.59 Å². The fourth-order valence-corrected chi connectivity index (χ4v) is 2.64. The predicted molar refractivity (Wildman–Crippen MR) is 87.0 cm³/mol. The van der Waals surface area contributed by atoms with Crippen LogP contribution in [0.15, 0.2) is 0 Å². The summed E-state index contributed by atoms with van der Waals surface area (Å²) >= 11 is 5.42. The van der Waals surface area contributed by atoms with Crippen molar-refractivity contribution < 1.29 is 29.0 Å². The third-order valence-electron chi connectivity index (χ3n) is 3.50. The lowest BCUT2D eigenvalue weighted by Crippen LogP contribution is -2.45. The first kappa shape index (κ1) is 20.3. The van der Waals surface area contributed by atoms with E-state index in [4.69, 9.17) is 21.1 Å². The van der Waals surface area contributed by atoms with Crippen molar-refractivity contribution in [3.8, 4) is 0 Å². The van der Waals surface area contributed by atoms with E-state index in [1.54, 1.807) is 20.8 Å². The molecule has 1 N–H and O–H groups in total. The SMILES string of the molecule is CC(C)(C)OC(=O)CCN(CC1CCCN1C(=O)O)C(=O)OCCl. The molecule has 8 nitrogen and oxygen atoms in total. The van der Waals surface area contributed by atoms with Gasteiger partial charge in [0.1, 0.15) is 5.60 Å². The van der Waals surface area contributed by atoms with E-state index in [1.165, 1.54) is 9.80 Å². The summed E-state index contributed by atoms with van der Waals surface area (Å²) in [6.07, 6.45) is -0.305. The molecule has 1 aliphatic rings. The van der Waals surface area contributed by atoms with Gasteiger partial charge in [-0.05, 0) is 33.6 Å². The minimum absolute atomic E-state index is 0.00551. The fourth-order valence-electron chi connectivity index (χ4n) is 2.55. The molecule has 0 aromatic rings. The van der Waals surface area contributed by atoms with E-state index < -0.39 is 23.8 Å². The van der Waals surface area contributed by atoms with Gasteiger partial charge in [-0.15, -0.1) is 0 Å². The minimum Gasteiger partial charge on any atom is -0.465 e. The van der Waals surface area contributed by atoms with Crippen molar-refractivity contribution in [2.75, 3.05) is 25.7 Å². The third-order valence-corrected chi connectivity index (χ3v) is 3.61. The van der Waals surface area contributed by atoms with Crippen LogP contribution in [0, 0.1) is 0 Å². The van der Waals surface area contributed by atoms with E-state index in [9.17, 15) is 19.5 Å². The van der Waals surface area contributed by atoms with Gasteiger partial charge in [0.05, 0.1) is 12.5 Å². The largest absolute Gasteiger partial charge is 0.465 e. The lowest BCUT2D eigenvalue weighted by molar-refractivity contribution is -0.155. The molecule has 9 heteroatoms. The third kappa shape index (κ3) is 6.82. The van der Waals surface area contributed by atoms with E-state index in [2.05, 4.69) is 0 Å². The quantitative estimate of drug-likeness (QED) is 0.574. The molecule has 1 atom stereocenters. The molecule has 0 saturated carbocycles. The van der Waals surface area contributed by atoms with E-state index in [1.807, 2.05) is 0 Å². The average molecular weight is 365 g/mol. The number of esters is 1. The Morgan fingerprint density at radius 3 is 2.54 bits per heavy atom. The summed E-state index contributed by atoms with van der Waals surface area (Å²) in [4.78, 5) is 37.6. The highest BCUT2D eigenvalue weighted by molar-refractivity contribution is 6.17. The van der Waals surface area contributed by atoms with Crippen LogP contribution in [0.4, 0.5) is 9.59 Å². The maximum absolute atomic E-state index is 12.0. The number of carbonyl (C=O) groups excluding carboxylic acids is 2. The number of carboxylic acid groups (broad SMARTS) is 1. The topological polar surface area (TPSA) is 96.4 Å². The predicted octanol–water partition coefficient (Wildman–Crippen LogP) is 2.50. The molecule has 0 aromatic heterocycles. The van der Waals surface area contributed by atoms with E-state index in [0.29, 0.717) is 13.0 Å². The van der Waals surface area contributed by atoms with Crippen LogP contribution in [0.1, 0.15) is 40.0 Å². The first-order chi connectivity index (χ1) is 11.1. The molecule has 0 radical (unpaired) electrons. The van der Waals surface area contributed by atoms with Crippen molar-refractivity contribution in [3.63, 3.8) is 0 Å². The zero-order valence-electron chi connectivity index (χ0n) is 14.3. The molecule has 1 saturated heterocycles. The molecule has 1 heterocycles. The summed E-state index contributed by atoms with van der Waals surface area (Å²) in [7, 11) is 0. The zero-order valence-corrected chi connectivity index (χ0v) is 15.0. The molecule has 1 unspecified atom stereocenters. The van der Waals surface area contributed by atoms with Crippen LogP contribution in [-0.2, 0) is 14.3 Å². The van der Waals surface area contributed by atoms with Crippen LogP contribution in [0.2, 0.25) is 0 Å². The van der Waals surface area contributed by atoms with Crippen LogP contribution in [0.5, 0.6) is 0 Å². The van der Waals surface area contributed by atoms with Crippen molar-refractivity contribution in [2.45, 2.75) is 51.7 Å². The van der Waals surface area contributed by atoms with E-state index in [-0.39, 0.29) is 31.6 Å². The Morgan fingerprint density at radius 1 is 1.33 bits per heavy atom. The molecule has 0 spiro atoms. The van der Waals surface area contributed by atoms with Gasteiger partial charge < -0.3 is 24.4 Å². The Bertz CT molecular complexity index is 465. The van der Waals surface area contributed by atoms with Crippen LogP contribution in [-0.4, -0.2) is 70.4 Å². The molecule has 2 amide bonds. The van der Waals surface area contributed by atoms with E-state index >= 15 is 0 Å². The van der Waals surface area contributed by atoms with Crippen LogP contribution < -0.4 is 0 Å². The number of ether oxygens (including phenoxy) is 2. The number of hydrogen-bond donors (Lipinski definition) is 1. The first-order valence-corrected chi connectivity index (χ1v) is 8.36. The summed E-state index contributed by atoms with van der Waals surface area (Å²) in [5, 5.41) is 9.18. The van der Waals surface area contributed by atoms with Gasteiger partial charge >= 0.3 is 18.2 Å². The Hall–Kier alpha value is -1.70. The van der Waals surface area contributed by atoms with Crippen LogP contribution in [0.3, 0.4) is 0 Å². The van der Waals surface area contributed by atoms with Gasteiger partial charge in [-0.3, -0.25) is 4.79 Å². The highest BCUT2D eigenvalue weighted by atomic mass is 35.5. The first-order valence-electron chi connectivity index (χ1n) is 7.83. The molecule has 0 aromatic carbocycles. The molecule has 138 valence electrons. The Morgan fingerprint density at radius 2 is 2.00 bits per heavy atom. The number of carbonyl (C=O) groups is 3. The zero-order chi connectivity index (χ0) is 18.3. The second-order valence-electron chi connectivity index (χ2n) is 6.57. The molecule has 1 aliphatic heterocycles. The lowest BCUT2D eigenvalue weighted by Gasteiger charge is -2.29. The monoisotopic (exact) mass is 364 g/mol. The summed E-state index contributed by atoms with van der Waals surface area (Å²) in [5.41, 5.74) is -0.607. The van der Waals surface area contributed by atoms with Gasteiger partial charge in [0.25, 0.3) is 0 Å². The number of hydrogen-bond acceptors (Lipinski definition) is 5. The summed E-state index contributed by atoms with van der Waals surface area (Å²) in [5.74, 6) is -0.437. The molecular formula is C15H25ClN2O6. The number of halogens is 1. The maximum Gasteiger partial charge on any atom is 0.411 e. The van der Waals surface area contributed by atoms with Gasteiger partial charge in [0, 0.05) is 19.6 Å². The number of amides is 2. The Balaban J connectivity index is 2.65. The molecular weight excluding hydrogens is 340 g/mol. The molecule has 0 aliphatic carbocycles. The lowest BCUT2D eigenvalue weighted by atomic mass is 10.2. The number of alkyl halides is 1. The van der Waals surface area contributed by atoms with Gasteiger partial charge in [-0.1, -0.05) is 11.6 Å². The number of rotatable bonds is 6. The smallest absolute Gasteiger partial charge is 0.411 e. The highest BCUT2D eigenvalue weighted by Crippen LogP contribution is 2.19. The normalized spacial score (nSPS) is 17.5. The van der Waals surface area contributed by atoms with Crippen molar-refractivity contribution in [1.82, 2.24) is 9.80 Å². The average Bonchev–Trinajstić information content (AvgIpc) is 2.90. The molecule has 1 fully saturated rings. The van der Waals surface area contributed by atoms with Gasteiger partial charge in [0.15, 0.2) is 6.07 Å². The second kappa shape index (κ2) is 8.96. The minimum atomic E-state index is -1.02. The van der Waals surface area contributed by atoms with Crippen molar-refractivity contribution >= 4 is 29.8 Å². The van der Waals surface area contributed by atoms with E-state index in [0.717, 1.165) is 6.42 Å². The summed E-state index contributed by atoms with van der Waals surface area (Å²) in [6.45, 7) is 5.94. The number of likely N-dealkylation sites (tertiary alicyclic amines) is 1. The summed E-state index contributed by atoms with van der Waals surface area (Å²) in [6, 6.07) is -0.626. The van der Waals surface area contributed by atoms with Crippen molar-refractivity contribution in [1.29, 1.82) is 0 Å². The molecule has 24 heavy (non-hydrogen) atoms. The van der Waals surface area contributed by atoms with Crippen molar-refractivity contribution in [2.24, 2.45) is 0 Å². The van der Waals surface area contributed by atoms with Gasteiger partial charge in [-0.2, -0.15) is 0 Å². The van der Waals surface area contributed by atoms with Gasteiger partial charge in [0.2, 0.25) is 0 Å². The maximum atomic E-state index is 12.0. The van der Waals surface area contributed by atoms with Crippen LogP contribution in [0.25, 0.3) is 0 Å². The summed E-state index contributed by atoms with van der Waals surface area (Å²) < 4.78 is 9.99. The molecule has 0 bridgehead atoms. The fraction of sp³-hybridized carbons (Fsp3) is 0.800. The highest BCUT2D eigenvalue weighted by Gasteiger charge is 2.32. The second-order valence-corrected chi connectivity index (χ2v) is 6.79. The molecule has 1 rings (SSSR count).